The minimum atomic E-state index is -3.18. The highest BCUT2D eigenvalue weighted by molar-refractivity contribution is 14.1. The van der Waals surface area contributed by atoms with Gasteiger partial charge in [-0.2, -0.15) is 0 Å². The SMILES string of the molecule is O=S1(=O)C=CC(n2c(=S)[nH]c3cc(I)c(F)cc32)C1. The Kier molecular flexibility index (Phi) is 3.06. The van der Waals surface area contributed by atoms with E-state index in [0.29, 0.717) is 19.4 Å². The zero-order valence-electron chi connectivity index (χ0n) is 9.43. The monoisotopic (exact) mass is 410 g/mol. The lowest BCUT2D eigenvalue weighted by atomic mass is 10.2. The molecule has 19 heavy (non-hydrogen) atoms. The highest BCUT2D eigenvalue weighted by Crippen LogP contribution is 2.27. The molecule has 1 N–H and O–H groups in total. The van der Waals surface area contributed by atoms with Crippen LogP contribution in [0.4, 0.5) is 4.39 Å². The molecule has 1 aromatic heterocycles. The average molecular weight is 410 g/mol. The Morgan fingerprint density at radius 2 is 2.21 bits per heavy atom. The van der Waals surface area contributed by atoms with Crippen LogP contribution in [0.5, 0.6) is 0 Å². The smallest absolute Gasteiger partial charge is 0.178 e. The van der Waals surface area contributed by atoms with Gasteiger partial charge in [0.05, 0.1) is 26.4 Å². The standard InChI is InChI=1S/C11H8FIN2O2S2/c12-7-3-10-9(4-8(7)13)14-11(18)15(10)6-1-2-19(16,17)5-6/h1-4,6H,5H2,(H,14,18). The molecule has 0 spiro atoms. The summed E-state index contributed by atoms with van der Waals surface area (Å²) in [6.07, 6.45) is 1.58. The first kappa shape index (κ1) is 13.3. The van der Waals surface area contributed by atoms with Crippen molar-refractivity contribution in [1.29, 1.82) is 0 Å². The topological polar surface area (TPSA) is 54.9 Å². The van der Waals surface area contributed by atoms with Crippen LogP contribution in [0.2, 0.25) is 0 Å². The fourth-order valence-corrected chi connectivity index (χ4v) is 4.25. The molecule has 100 valence electrons. The van der Waals surface area contributed by atoms with E-state index in [4.69, 9.17) is 12.2 Å². The maximum absolute atomic E-state index is 13.7. The van der Waals surface area contributed by atoms with Crippen LogP contribution in [-0.2, 0) is 9.84 Å². The molecule has 1 unspecified atom stereocenters. The minimum absolute atomic E-state index is 0.0398. The lowest BCUT2D eigenvalue weighted by Crippen LogP contribution is -2.11. The van der Waals surface area contributed by atoms with Gasteiger partial charge in [-0.05, 0) is 47.0 Å². The molecule has 1 aromatic carbocycles. The number of allylic oxidation sites excluding steroid dienone is 1. The Bertz CT molecular complexity index is 867. The van der Waals surface area contributed by atoms with Gasteiger partial charge in [-0.3, -0.25) is 0 Å². The minimum Gasteiger partial charge on any atom is -0.331 e. The number of hydrogen-bond acceptors (Lipinski definition) is 3. The van der Waals surface area contributed by atoms with Gasteiger partial charge in [0.1, 0.15) is 5.82 Å². The summed E-state index contributed by atoms with van der Waals surface area (Å²) in [5.74, 6) is -0.386. The van der Waals surface area contributed by atoms with Crippen LogP contribution in [0.25, 0.3) is 11.0 Å². The van der Waals surface area contributed by atoms with Gasteiger partial charge in [0, 0.05) is 11.5 Å². The number of nitrogens with one attached hydrogen (secondary N) is 1. The zero-order valence-corrected chi connectivity index (χ0v) is 13.2. The van der Waals surface area contributed by atoms with Gasteiger partial charge >= 0.3 is 0 Å². The van der Waals surface area contributed by atoms with E-state index in [9.17, 15) is 12.8 Å². The summed E-state index contributed by atoms with van der Waals surface area (Å²) in [5, 5.41) is 1.18. The Balaban J connectivity index is 2.25. The van der Waals surface area contributed by atoms with E-state index >= 15 is 0 Å². The number of hydrogen-bond donors (Lipinski definition) is 1. The van der Waals surface area contributed by atoms with Crippen molar-refractivity contribution in [3.05, 3.63) is 37.8 Å². The second-order valence-electron chi connectivity index (χ2n) is 4.31. The van der Waals surface area contributed by atoms with E-state index in [0.717, 1.165) is 0 Å². The molecule has 1 atom stereocenters. The van der Waals surface area contributed by atoms with Crippen molar-refractivity contribution in [2.45, 2.75) is 6.04 Å². The predicted molar refractivity (Wildman–Crippen MR) is 81.8 cm³/mol. The number of imidazole rings is 1. The van der Waals surface area contributed by atoms with E-state index in [-0.39, 0.29) is 17.6 Å². The highest BCUT2D eigenvalue weighted by atomic mass is 127. The molecule has 2 aromatic rings. The number of rotatable bonds is 1. The molecule has 0 saturated carbocycles. The Morgan fingerprint density at radius 3 is 2.84 bits per heavy atom. The molecule has 4 nitrogen and oxygen atoms in total. The molecule has 2 heterocycles. The van der Waals surface area contributed by atoms with Gasteiger partial charge in [-0.1, -0.05) is 0 Å². The normalized spacial score (nSPS) is 21.3. The molecule has 1 aliphatic rings. The summed E-state index contributed by atoms with van der Waals surface area (Å²) in [6.45, 7) is 0. The molecule has 8 heteroatoms. The van der Waals surface area contributed by atoms with Gasteiger partial charge < -0.3 is 9.55 Å². The highest BCUT2D eigenvalue weighted by Gasteiger charge is 2.25. The average Bonchev–Trinajstić information content (AvgIpc) is 2.79. The molecule has 0 radical (unpaired) electrons. The third kappa shape index (κ3) is 2.25. The maximum atomic E-state index is 13.7. The molecule has 3 rings (SSSR count). The number of fused-ring (bicyclic) bond motifs is 1. The third-order valence-corrected chi connectivity index (χ3v) is 5.50. The van der Waals surface area contributed by atoms with Crippen molar-refractivity contribution < 1.29 is 12.8 Å². The number of sulfone groups is 1. The number of H-pyrrole nitrogens is 1. The van der Waals surface area contributed by atoms with Crippen LogP contribution in [0.15, 0.2) is 23.6 Å². The van der Waals surface area contributed by atoms with Crippen molar-refractivity contribution in [3.63, 3.8) is 0 Å². The van der Waals surface area contributed by atoms with Crippen LogP contribution < -0.4 is 0 Å². The van der Waals surface area contributed by atoms with Crippen molar-refractivity contribution >= 4 is 55.7 Å². The van der Waals surface area contributed by atoms with E-state index in [1.54, 1.807) is 16.7 Å². The Morgan fingerprint density at radius 1 is 1.47 bits per heavy atom. The zero-order chi connectivity index (χ0) is 13.8. The van der Waals surface area contributed by atoms with E-state index < -0.39 is 9.84 Å². The number of nitrogens with zero attached hydrogens (tertiary/aromatic N) is 1. The van der Waals surface area contributed by atoms with Crippen LogP contribution in [0, 0.1) is 14.2 Å². The van der Waals surface area contributed by atoms with E-state index in [2.05, 4.69) is 4.98 Å². The number of halogens is 2. The Hall–Kier alpha value is -0.740. The van der Waals surface area contributed by atoms with Crippen molar-refractivity contribution in [2.75, 3.05) is 5.75 Å². The molecular weight excluding hydrogens is 402 g/mol. The van der Waals surface area contributed by atoms with Crippen LogP contribution in [0.3, 0.4) is 0 Å². The quantitative estimate of drug-likeness (QED) is 0.581. The van der Waals surface area contributed by atoms with Gasteiger partial charge in [0.25, 0.3) is 0 Å². The molecule has 0 fully saturated rings. The largest absolute Gasteiger partial charge is 0.331 e. The van der Waals surface area contributed by atoms with Crippen molar-refractivity contribution in [2.24, 2.45) is 0 Å². The first-order valence-electron chi connectivity index (χ1n) is 5.37. The van der Waals surface area contributed by atoms with Crippen molar-refractivity contribution in [1.82, 2.24) is 9.55 Å². The summed E-state index contributed by atoms with van der Waals surface area (Å²) >= 11 is 7.10. The first-order valence-corrected chi connectivity index (χ1v) is 8.58. The molecule has 0 amide bonds. The van der Waals surface area contributed by atoms with Gasteiger partial charge in [-0.25, -0.2) is 12.8 Å². The third-order valence-electron chi connectivity index (χ3n) is 3.00. The first-order chi connectivity index (χ1) is 8.87. The lowest BCUT2D eigenvalue weighted by molar-refractivity contribution is 0.593. The Labute approximate surface area is 127 Å². The van der Waals surface area contributed by atoms with E-state index in [1.807, 2.05) is 22.6 Å². The van der Waals surface area contributed by atoms with Crippen LogP contribution in [0.1, 0.15) is 6.04 Å². The molecular formula is C11H8FIN2O2S2. The lowest BCUT2D eigenvalue weighted by Gasteiger charge is -2.10. The second-order valence-corrected chi connectivity index (χ2v) is 7.79. The maximum Gasteiger partial charge on any atom is 0.178 e. The van der Waals surface area contributed by atoms with Crippen LogP contribution >= 0.6 is 34.8 Å². The fourth-order valence-electron chi connectivity index (χ4n) is 2.17. The van der Waals surface area contributed by atoms with E-state index in [1.165, 1.54) is 11.5 Å². The van der Waals surface area contributed by atoms with Crippen molar-refractivity contribution in [3.8, 4) is 0 Å². The summed E-state index contributed by atoms with van der Waals surface area (Å²) in [4.78, 5) is 2.98. The summed E-state index contributed by atoms with van der Waals surface area (Å²) in [5.41, 5.74) is 1.28. The summed E-state index contributed by atoms with van der Waals surface area (Å²) in [7, 11) is -3.18. The number of aromatic amines is 1. The summed E-state index contributed by atoms with van der Waals surface area (Å²) in [6, 6.07) is 2.65. The molecule has 0 saturated heterocycles. The van der Waals surface area contributed by atoms with Crippen LogP contribution in [-0.4, -0.2) is 23.7 Å². The predicted octanol–water partition coefficient (Wildman–Crippen LogP) is 2.93. The number of aromatic nitrogens is 2. The van der Waals surface area contributed by atoms with Gasteiger partial charge in [0.2, 0.25) is 0 Å². The molecule has 0 aliphatic carbocycles. The van der Waals surface area contributed by atoms with Gasteiger partial charge in [-0.15, -0.1) is 0 Å². The second kappa shape index (κ2) is 4.38. The molecule has 1 aliphatic heterocycles. The van der Waals surface area contributed by atoms with Gasteiger partial charge in [0.15, 0.2) is 14.6 Å². The molecule has 0 bridgehead atoms. The fraction of sp³-hybridized carbons (Fsp3) is 0.182. The summed E-state index contributed by atoms with van der Waals surface area (Å²) < 4.78 is 39.2. The number of benzene rings is 1.